The van der Waals surface area contributed by atoms with Crippen LogP contribution in [0.4, 0.5) is 0 Å². The predicted octanol–water partition coefficient (Wildman–Crippen LogP) is -1.08. The van der Waals surface area contributed by atoms with Crippen molar-refractivity contribution < 1.29 is 5.11 Å². The molecule has 0 aromatic rings. The molecule has 2 atom stereocenters. The molecule has 1 aliphatic heterocycles. The molecule has 54 valence electrons. The Morgan fingerprint density at radius 1 is 1.67 bits per heavy atom. The number of aliphatic hydroxyl groups is 1. The fraction of sp³-hybridized carbons (Fsp3) is 1.00. The third-order valence-corrected chi connectivity index (χ3v) is 1.89. The average Bonchev–Trinajstić information content (AvgIpc) is 1.89. The second kappa shape index (κ2) is 3.15. The minimum Gasteiger partial charge on any atom is -0.391 e. The van der Waals surface area contributed by atoms with E-state index in [9.17, 15) is 5.11 Å². The molecule has 1 saturated heterocycles. The molecule has 0 amide bonds. The van der Waals surface area contributed by atoms with Crippen LogP contribution >= 0.6 is 0 Å². The van der Waals surface area contributed by atoms with Crippen LogP contribution < -0.4 is 11.1 Å². The maximum absolute atomic E-state index is 9.23. The van der Waals surface area contributed by atoms with Gasteiger partial charge in [-0.2, -0.15) is 0 Å². The maximum Gasteiger partial charge on any atom is 0.0705 e. The van der Waals surface area contributed by atoms with E-state index in [4.69, 9.17) is 5.73 Å². The molecule has 1 heterocycles. The molecular formula is C6H14N2O. The Kier molecular flexibility index (Phi) is 2.45. The molecule has 1 fully saturated rings. The van der Waals surface area contributed by atoms with Gasteiger partial charge in [-0.3, -0.25) is 0 Å². The fourth-order valence-electron chi connectivity index (χ4n) is 1.17. The van der Waals surface area contributed by atoms with E-state index in [1.165, 1.54) is 0 Å². The van der Waals surface area contributed by atoms with Gasteiger partial charge in [0.05, 0.1) is 6.10 Å². The molecule has 3 nitrogen and oxygen atoms in total. The zero-order chi connectivity index (χ0) is 6.69. The van der Waals surface area contributed by atoms with Crippen molar-refractivity contribution in [2.45, 2.75) is 12.5 Å². The normalized spacial score (nSPS) is 36.7. The van der Waals surface area contributed by atoms with Crippen LogP contribution in [0.1, 0.15) is 6.42 Å². The second-order valence-electron chi connectivity index (χ2n) is 2.56. The lowest BCUT2D eigenvalue weighted by Gasteiger charge is -2.26. The summed E-state index contributed by atoms with van der Waals surface area (Å²) in [7, 11) is 0. The maximum atomic E-state index is 9.23. The highest BCUT2D eigenvalue weighted by Crippen LogP contribution is 2.09. The van der Waals surface area contributed by atoms with Gasteiger partial charge in [0.25, 0.3) is 0 Å². The van der Waals surface area contributed by atoms with Crippen molar-refractivity contribution in [3.63, 3.8) is 0 Å². The summed E-state index contributed by atoms with van der Waals surface area (Å²) in [5.74, 6) is 0.325. The van der Waals surface area contributed by atoms with E-state index in [1.807, 2.05) is 0 Å². The molecule has 1 rings (SSSR count). The van der Waals surface area contributed by atoms with Gasteiger partial charge < -0.3 is 16.2 Å². The molecule has 0 aromatic heterocycles. The lowest BCUT2D eigenvalue weighted by molar-refractivity contribution is 0.0863. The Balaban J connectivity index is 2.30. The minimum atomic E-state index is -0.219. The highest BCUT2D eigenvalue weighted by Gasteiger charge is 2.20. The van der Waals surface area contributed by atoms with Crippen molar-refractivity contribution in [1.82, 2.24) is 5.32 Å². The van der Waals surface area contributed by atoms with Crippen LogP contribution in [-0.2, 0) is 0 Å². The minimum absolute atomic E-state index is 0.219. The van der Waals surface area contributed by atoms with E-state index in [-0.39, 0.29) is 6.10 Å². The van der Waals surface area contributed by atoms with Gasteiger partial charge in [-0.05, 0) is 25.4 Å². The topological polar surface area (TPSA) is 58.3 Å². The van der Waals surface area contributed by atoms with Crippen LogP contribution in [0.15, 0.2) is 0 Å². The summed E-state index contributed by atoms with van der Waals surface area (Å²) in [4.78, 5) is 0. The van der Waals surface area contributed by atoms with E-state index >= 15 is 0 Å². The standard InChI is InChI=1S/C6H14N2O/c7-3-5-1-2-8-4-6(5)9/h5-6,8-9H,1-4,7H2/t5-,6?/m0/s1. The predicted molar refractivity (Wildman–Crippen MR) is 36.0 cm³/mol. The zero-order valence-electron chi connectivity index (χ0n) is 5.51. The molecule has 3 heteroatoms. The third-order valence-electron chi connectivity index (χ3n) is 1.89. The molecule has 0 radical (unpaired) electrons. The Morgan fingerprint density at radius 2 is 2.44 bits per heavy atom. The molecule has 0 aromatic carbocycles. The first-order valence-electron chi connectivity index (χ1n) is 3.43. The van der Waals surface area contributed by atoms with Crippen LogP contribution in [0, 0.1) is 5.92 Å². The summed E-state index contributed by atoms with van der Waals surface area (Å²) in [5.41, 5.74) is 5.41. The Hall–Kier alpha value is -0.120. The highest BCUT2D eigenvalue weighted by atomic mass is 16.3. The van der Waals surface area contributed by atoms with Crippen molar-refractivity contribution in [3.8, 4) is 0 Å². The van der Waals surface area contributed by atoms with E-state index in [1.54, 1.807) is 0 Å². The van der Waals surface area contributed by atoms with E-state index in [0.29, 0.717) is 19.0 Å². The number of hydrogen-bond donors (Lipinski definition) is 3. The number of hydrogen-bond acceptors (Lipinski definition) is 3. The van der Waals surface area contributed by atoms with Crippen molar-refractivity contribution in [2.24, 2.45) is 11.7 Å². The van der Waals surface area contributed by atoms with Crippen molar-refractivity contribution in [1.29, 1.82) is 0 Å². The summed E-state index contributed by atoms with van der Waals surface area (Å²) in [6.45, 7) is 2.32. The van der Waals surface area contributed by atoms with Crippen LogP contribution in [-0.4, -0.2) is 30.8 Å². The molecule has 0 bridgehead atoms. The van der Waals surface area contributed by atoms with Gasteiger partial charge in [0.1, 0.15) is 0 Å². The molecule has 0 aliphatic carbocycles. The first-order valence-corrected chi connectivity index (χ1v) is 3.43. The number of β-amino-alcohol motifs (C(OH)–C–C–N with tert-alkyl or cyclic N) is 1. The van der Waals surface area contributed by atoms with Gasteiger partial charge in [-0.15, -0.1) is 0 Å². The summed E-state index contributed by atoms with van der Waals surface area (Å²) in [6, 6.07) is 0. The Labute approximate surface area is 55.2 Å². The number of aliphatic hydroxyl groups excluding tert-OH is 1. The van der Waals surface area contributed by atoms with Gasteiger partial charge >= 0.3 is 0 Å². The third kappa shape index (κ3) is 1.64. The summed E-state index contributed by atoms with van der Waals surface area (Å²) < 4.78 is 0. The quantitative estimate of drug-likeness (QED) is 0.423. The van der Waals surface area contributed by atoms with Gasteiger partial charge in [-0.25, -0.2) is 0 Å². The molecule has 0 saturated carbocycles. The van der Waals surface area contributed by atoms with Gasteiger partial charge in [0.15, 0.2) is 0 Å². The summed E-state index contributed by atoms with van der Waals surface area (Å²) in [6.07, 6.45) is 0.793. The summed E-state index contributed by atoms with van der Waals surface area (Å²) >= 11 is 0. The van der Waals surface area contributed by atoms with E-state index in [0.717, 1.165) is 13.0 Å². The SMILES string of the molecule is NC[C@@H]1CCNCC1O. The second-order valence-corrected chi connectivity index (χ2v) is 2.56. The number of rotatable bonds is 1. The van der Waals surface area contributed by atoms with Crippen LogP contribution in [0.25, 0.3) is 0 Å². The molecule has 0 spiro atoms. The highest BCUT2D eigenvalue weighted by molar-refractivity contribution is 4.77. The van der Waals surface area contributed by atoms with Gasteiger partial charge in [-0.1, -0.05) is 0 Å². The first-order chi connectivity index (χ1) is 4.34. The average molecular weight is 130 g/mol. The lowest BCUT2D eigenvalue weighted by Crippen LogP contribution is -2.43. The van der Waals surface area contributed by atoms with Crippen LogP contribution in [0.3, 0.4) is 0 Å². The number of piperidine rings is 1. The van der Waals surface area contributed by atoms with Crippen molar-refractivity contribution in [2.75, 3.05) is 19.6 Å². The zero-order valence-corrected chi connectivity index (χ0v) is 5.51. The largest absolute Gasteiger partial charge is 0.391 e. The Bertz CT molecular complexity index is 87.1. The first kappa shape index (κ1) is 6.99. The van der Waals surface area contributed by atoms with Crippen molar-refractivity contribution in [3.05, 3.63) is 0 Å². The smallest absolute Gasteiger partial charge is 0.0705 e. The summed E-state index contributed by atoms with van der Waals surface area (Å²) in [5, 5.41) is 12.3. The van der Waals surface area contributed by atoms with Crippen molar-refractivity contribution >= 4 is 0 Å². The Morgan fingerprint density at radius 3 is 2.89 bits per heavy atom. The van der Waals surface area contributed by atoms with Crippen LogP contribution in [0.2, 0.25) is 0 Å². The van der Waals surface area contributed by atoms with Gasteiger partial charge in [0, 0.05) is 6.54 Å². The molecule has 9 heavy (non-hydrogen) atoms. The van der Waals surface area contributed by atoms with E-state index in [2.05, 4.69) is 5.32 Å². The number of nitrogens with two attached hydrogens (primary N) is 1. The molecule has 1 unspecified atom stereocenters. The van der Waals surface area contributed by atoms with E-state index < -0.39 is 0 Å². The fourth-order valence-corrected chi connectivity index (χ4v) is 1.17. The number of nitrogens with one attached hydrogen (secondary N) is 1. The monoisotopic (exact) mass is 130 g/mol. The molecular weight excluding hydrogens is 116 g/mol. The molecule has 1 aliphatic rings. The van der Waals surface area contributed by atoms with Gasteiger partial charge in [0.2, 0.25) is 0 Å². The van der Waals surface area contributed by atoms with Crippen LogP contribution in [0.5, 0.6) is 0 Å². The molecule has 4 N–H and O–H groups in total. The lowest BCUT2D eigenvalue weighted by atomic mass is 9.96.